The first-order valence-corrected chi connectivity index (χ1v) is 5.67. The molecule has 14 heavy (non-hydrogen) atoms. The van der Waals surface area contributed by atoms with Gasteiger partial charge in [-0.1, -0.05) is 38.3 Å². The summed E-state index contributed by atoms with van der Waals surface area (Å²) in [5, 5.41) is 0. The molecule has 0 aliphatic heterocycles. The molecule has 1 aliphatic rings. The van der Waals surface area contributed by atoms with Crippen molar-refractivity contribution in [2.75, 3.05) is 5.73 Å². The van der Waals surface area contributed by atoms with E-state index >= 15 is 0 Å². The molecule has 2 N–H and O–H groups in total. The zero-order valence-corrected chi connectivity index (χ0v) is 8.92. The van der Waals surface area contributed by atoms with Crippen LogP contribution in [0.3, 0.4) is 0 Å². The molecule has 0 bridgehead atoms. The number of rotatable bonds is 3. The van der Waals surface area contributed by atoms with Crippen LogP contribution in [0.25, 0.3) is 0 Å². The van der Waals surface area contributed by atoms with Gasteiger partial charge < -0.3 is 5.73 Å². The number of nitrogens with two attached hydrogens (primary N) is 1. The van der Waals surface area contributed by atoms with Crippen molar-refractivity contribution in [3.8, 4) is 0 Å². The van der Waals surface area contributed by atoms with Crippen LogP contribution in [0.5, 0.6) is 0 Å². The fourth-order valence-electron chi connectivity index (χ4n) is 2.12. The lowest BCUT2D eigenvalue weighted by molar-refractivity contribution is 0.314. The molecule has 1 aliphatic carbocycles. The van der Waals surface area contributed by atoms with Crippen molar-refractivity contribution in [1.82, 2.24) is 0 Å². The minimum atomic E-state index is 0.948. The van der Waals surface area contributed by atoms with Crippen LogP contribution in [0.4, 0.5) is 5.69 Å². The number of hydrogen-bond acceptors (Lipinski definition) is 1. The predicted molar refractivity (Wildman–Crippen MR) is 61.3 cm³/mol. The first-order valence-electron chi connectivity index (χ1n) is 5.67. The van der Waals surface area contributed by atoms with Crippen LogP contribution < -0.4 is 5.73 Å². The molecular formula is C13H19N. The van der Waals surface area contributed by atoms with Crippen molar-refractivity contribution in [2.45, 2.75) is 39.0 Å². The van der Waals surface area contributed by atoms with Crippen LogP contribution in [0.15, 0.2) is 18.2 Å². The van der Waals surface area contributed by atoms with Crippen LogP contribution in [0.2, 0.25) is 0 Å². The van der Waals surface area contributed by atoms with Gasteiger partial charge in [0.25, 0.3) is 0 Å². The average molecular weight is 189 g/mol. The van der Waals surface area contributed by atoms with Gasteiger partial charge in [-0.3, -0.25) is 0 Å². The highest BCUT2D eigenvalue weighted by atomic mass is 14.6. The van der Waals surface area contributed by atoms with E-state index in [0.717, 1.165) is 18.0 Å². The molecule has 0 heterocycles. The standard InChI is InChI=1S/C13H19N/c1-2-12-9-11(6-7-13(12)14)8-10-4-3-5-10/h6-7,9-10H,2-5,8,14H2,1H3. The van der Waals surface area contributed by atoms with E-state index in [2.05, 4.69) is 25.1 Å². The van der Waals surface area contributed by atoms with Crippen molar-refractivity contribution in [3.05, 3.63) is 29.3 Å². The summed E-state index contributed by atoms with van der Waals surface area (Å²) in [6.07, 6.45) is 6.58. The Morgan fingerprint density at radius 1 is 1.36 bits per heavy atom. The van der Waals surface area contributed by atoms with E-state index in [4.69, 9.17) is 5.73 Å². The summed E-state index contributed by atoms with van der Waals surface area (Å²) in [5.41, 5.74) is 9.61. The first-order chi connectivity index (χ1) is 6.79. The SMILES string of the molecule is CCc1cc(CC2CCC2)ccc1N. The Hall–Kier alpha value is -0.980. The molecule has 1 aromatic carbocycles. The molecule has 1 nitrogen and oxygen atoms in total. The maximum Gasteiger partial charge on any atom is 0.0346 e. The molecular weight excluding hydrogens is 170 g/mol. The van der Waals surface area contributed by atoms with Gasteiger partial charge in [0.1, 0.15) is 0 Å². The Morgan fingerprint density at radius 3 is 2.71 bits per heavy atom. The van der Waals surface area contributed by atoms with E-state index in [0.29, 0.717) is 0 Å². The fourth-order valence-corrected chi connectivity index (χ4v) is 2.12. The molecule has 1 heteroatoms. The van der Waals surface area contributed by atoms with Crippen LogP contribution in [-0.4, -0.2) is 0 Å². The van der Waals surface area contributed by atoms with Crippen molar-refractivity contribution in [3.63, 3.8) is 0 Å². The molecule has 0 radical (unpaired) electrons. The summed E-state index contributed by atoms with van der Waals surface area (Å²) >= 11 is 0. The highest BCUT2D eigenvalue weighted by Gasteiger charge is 2.17. The molecule has 0 unspecified atom stereocenters. The second kappa shape index (κ2) is 4.04. The smallest absolute Gasteiger partial charge is 0.0346 e. The van der Waals surface area contributed by atoms with Crippen LogP contribution in [0.1, 0.15) is 37.3 Å². The summed E-state index contributed by atoms with van der Waals surface area (Å²) in [5.74, 6) is 0.948. The number of anilines is 1. The Morgan fingerprint density at radius 2 is 2.14 bits per heavy atom. The summed E-state index contributed by atoms with van der Waals surface area (Å²) < 4.78 is 0. The molecule has 1 aromatic rings. The van der Waals surface area contributed by atoms with Crippen molar-refractivity contribution < 1.29 is 0 Å². The molecule has 0 aromatic heterocycles. The van der Waals surface area contributed by atoms with E-state index in [-0.39, 0.29) is 0 Å². The molecule has 0 saturated heterocycles. The summed E-state index contributed by atoms with van der Waals surface area (Å²) in [6.45, 7) is 2.17. The minimum Gasteiger partial charge on any atom is -0.399 e. The van der Waals surface area contributed by atoms with Gasteiger partial charge in [0.05, 0.1) is 0 Å². The average Bonchev–Trinajstić information content (AvgIpc) is 2.14. The molecule has 0 amide bonds. The van der Waals surface area contributed by atoms with E-state index in [1.807, 2.05) is 0 Å². The summed E-state index contributed by atoms with van der Waals surface area (Å²) in [7, 11) is 0. The maximum absolute atomic E-state index is 5.88. The number of benzene rings is 1. The monoisotopic (exact) mass is 189 g/mol. The second-order valence-electron chi connectivity index (χ2n) is 4.39. The molecule has 2 rings (SSSR count). The van der Waals surface area contributed by atoms with Crippen LogP contribution in [-0.2, 0) is 12.8 Å². The van der Waals surface area contributed by atoms with E-state index < -0.39 is 0 Å². The molecule has 0 spiro atoms. The highest BCUT2D eigenvalue weighted by molar-refractivity contribution is 5.48. The lowest BCUT2D eigenvalue weighted by atomic mass is 9.81. The van der Waals surface area contributed by atoms with Crippen molar-refractivity contribution in [2.24, 2.45) is 5.92 Å². The van der Waals surface area contributed by atoms with Crippen molar-refractivity contribution in [1.29, 1.82) is 0 Å². The lowest BCUT2D eigenvalue weighted by Gasteiger charge is -2.25. The molecule has 1 fully saturated rings. The fraction of sp³-hybridized carbons (Fsp3) is 0.538. The zero-order valence-electron chi connectivity index (χ0n) is 8.92. The third-order valence-corrected chi connectivity index (χ3v) is 3.34. The maximum atomic E-state index is 5.88. The number of nitrogen functional groups attached to an aromatic ring is 1. The second-order valence-corrected chi connectivity index (χ2v) is 4.39. The van der Waals surface area contributed by atoms with Gasteiger partial charge in [-0.05, 0) is 36.0 Å². The van der Waals surface area contributed by atoms with Gasteiger partial charge in [-0.2, -0.15) is 0 Å². The molecule has 0 atom stereocenters. The molecule has 76 valence electrons. The van der Waals surface area contributed by atoms with Crippen LogP contribution >= 0.6 is 0 Å². The minimum absolute atomic E-state index is 0.948. The Bertz CT molecular complexity index is 313. The van der Waals surface area contributed by atoms with E-state index in [9.17, 15) is 0 Å². The Labute approximate surface area is 86.3 Å². The lowest BCUT2D eigenvalue weighted by Crippen LogP contribution is -2.13. The molecule has 1 saturated carbocycles. The number of hydrogen-bond donors (Lipinski definition) is 1. The summed E-state index contributed by atoms with van der Waals surface area (Å²) in [6, 6.07) is 6.54. The van der Waals surface area contributed by atoms with Gasteiger partial charge in [0.15, 0.2) is 0 Å². The van der Waals surface area contributed by atoms with Crippen molar-refractivity contribution >= 4 is 5.69 Å². The van der Waals surface area contributed by atoms with Gasteiger partial charge in [0.2, 0.25) is 0 Å². The zero-order chi connectivity index (χ0) is 9.97. The third-order valence-electron chi connectivity index (χ3n) is 3.34. The topological polar surface area (TPSA) is 26.0 Å². The Balaban J connectivity index is 2.09. The Kier molecular flexibility index (Phi) is 2.76. The quantitative estimate of drug-likeness (QED) is 0.726. The van der Waals surface area contributed by atoms with E-state index in [1.165, 1.54) is 36.8 Å². The van der Waals surface area contributed by atoms with Gasteiger partial charge >= 0.3 is 0 Å². The number of aryl methyl sites for hydroxylation is 1. The highest BCUT2D eigenvalue weighted by Crippen LogP contribution is 2.30. The van der Waals surface area contributed by atoms with Gasteiger partial charge in [-0.15, -0.1) is 0 Å². The normalized spacial score (nSPS) is 16.6. The van der Waals surface area contributed by atoms with Gasteiger partial charge in [-0.25, -0.2) is 0 Å². The predicted octanol–water partition coefficient (Wildman–Crippen LogP) is 3.17. The van der Waals surface area contributed by atoms with Gasteiger partial charge in [0, 0.05) is 5.69 Å². The van der Waals surface area contributed by atoms with E-state index in [1.54, 1.807) is 0 Å². The third kappa shape index (κ3) is 1.92. The summed E-state index contributed by atoms with van der Waals surface area (Å²) in [4.78, 5) is 0. The van der Waals surface area contributed by atoms with Crippen LogP contribution in [0, 0.1) is 5.92 Å². The first kappa shape index (κ1) is 9.57. The largest absolute Gasteiger partial charge is 0.399 e.